The number of hydrogen-bond donors (Lipinski definition) is 3. The van der Waals surface area contributed by atoms with E-state index in [9.17, 15) is 18.7 Å². The number of aliphatic hydroxyl groups excluding tert-OH is 1. The molecular formula is C18H17F2IN2O3. The molecule has 1 aliphatic rings. The van der Waals surface area contributed by atoms with Crippen molar-refractivity contribution in [1.29, 1.82) is 0 Å². The van der Waals surface area contributed by atoms with Crippen LogP contribution in [0.1, 0.15) is 28.8 Å². The first-order valence-corrected chi connectivity index (χ1v) is 9.10. The van der Waals surface area contributed by atoms with Gasteiger partial charge in [0.15, 0.2) is 17.9 Å². The maximum atomic E-state index is 14.3. The Balaban J connectivity index is 1.85. The van der Waals surface area contributed by atoms with E-state index in [4.69, 9.17) is 4.84 Å². The second-order valence-corrected chi connectivity index (χ2v) is 7.39. The number of aryl methyl sites for hydroxylation is 1. The van der Waals surface area contributed by atoms with Gasteiger partial charge in [-0.15, -0.1) is 0 Å². The molecule has 8 heteroatoms. The van der Waals surface area contributed by atoms with Gasteiger partial charge in [-0.05, 0) is 78.3 Å². The van der Waals surface area contributed by atoms with Crippen molar-refractivity contribution in [3.8, 4) is 0 Å². The van der Waals surface area contributed by atoms with Crippen LogP contribution in [0.4, 0.5) is 20.2 Å². The van der Waals surface area contributed by atoms with Crippen molar-refractivity contribution in [3.63, 3.8) is 0 Å². The summed E-state index contributed by atoms with van der Waals surface area (Å²) >= 11 is 2.14. The van der Waals surface area contributed by atoms with Crippen LogP contribution in [0.25, 0.3) is 0 Å². The molecule has 138 valence electrons. The third-order valence-corrected chi connectivity index (χ3v) is 4.76. The first kappa shape index (κ1) is 19.0. The van der Waals surface area contributed by atoms with E-state index >= 15 is 0 Å². The minimum absolute atomic E-state index is 0.00714. The largest absolute Gasteiger partial charge is 0.366 e. The van der Waals surface area contributed by atoms with Gasteiger partial charge < -0.3 is 10.4 Å². The highest BCUT2D eigenvalue weighted by Crippen LogP contribution is 2.33. The predicted octanol–water partition coefficient (Wildman–Crippen LogP) is 4.01. The maximum absolute atomic E-state index is 14.3. The Labute approximate surface area is 162 Å². The van der Waals surface area contributed by atoms with Crippen molar-refractivity contribution in [2.75, 3.05) is 5.32 Å². The van der Waals surface area contributed by atoms with E-state index < -0.39 is 23.8 Å². The van der Waals surface area contributed by atoms with Crippen molar-refractivity contribution in [2.45, 2.75) is 26.1 Å². The fraction of sp³-hybridized carbons (Fsp3) is 0.278. The smallest absolute Gasteiger partial charge is 0.277 e. The third-order valence-electron chi connectivity index (χ3n) is 4.09. The van der Waals surface area contributed by atoms with Crippen molar-refractivity contribution < 1.29 is 23.5 Å². The van der Waals surface area contributed by atoms with Crippen LogP contribution in [0, 0.1) is 28.0 Å². The lowest BCUT2D eigenvalue weighted by Gasteiger charge is -2.16. The van der Waals surface area contributed by atoms with E-state index in [0.29, 0.717) is 5.69 Å². The molecule has 1 aliphatic carbocycles. The number of halogens is 3. The molecule has 3 N–H and O–H groups in total. The van der Waals surface area contributed by atoms with Gasteiger partial charge in [0.1, 0.15) is 0 Å². The van der Waals surface area contributed by atoms with Gasteiger partial charge in [-0.1, -0.05) is 0 Å². The first-order valence-electron chi connectivity index (χ1n) is 8.02. The molecule has 0 aromatic heterocycles. The molecule has 1 fully saturated rings. The number of hydrogen-bond acceptors (Lipinski definition) is 4. The van der Waals surface area contributed by atoms with E-state index in [1.165, 1.54) is 0 Å². The van der Waals surface area contributed by atoms with Gasteiger partial charge >= 0.3 is 0 Å². The molecule has 3 rings (SSSR count). The molecule has 0 aliphatic heterocycles. The van der Waals surface area contributed by atoms with Gasteiger partial charge in [-0.3, -0.25) is 4.79 Å². The summed E-state index contributed by atoms with van der Waals surface area (Å²) in [6.07, 6.45) is 0.529. The van der Waals surface area contributed by atoms with E-state index in [-0.39, 0.29) is 17.2 Å². The van der Waals surface area contributed by atoms with Crippen LogP contribution in [0.2, 0.25) is 0 Å². The summed E-state index contributed by atoms with van der Waals surface area (Å²) in [5.74, 6) is -3.04. The molecule has 0 saturated heterocycles. The minimum Gasteiger partial charge on any atom is -0.366 e. The average Bonchev–Trinajstić information content (AvgIpc) is 3.44. The number of hydroxylamine groups is 1. The Morgan fingerprint density at radius 1 is 1.31 bits per heavy atom. The van der Waals surface area contributed by atoms with E-state index in [1.807, 2.05) is 19.1 Å². The predicted molar refractivity (Wildman–Crippen MR) is 101 cm³/mol. The van der Waals surface area contributed by atoms with Crippen LogP contribution in [-0.2, 0) is 4.84 Å². The monoisotopic (exact) mass is 474 g/mol. The zero-order valence-electron chi connectivity index (χ0n) is 13.9. The molecule has 0 heterocycles. The van der Waals surface area contributed by atoms with E-state index in [2.05, 4.69) is 33.4 Å². The standard InChI is InChI=1S/C18H17F2IN2O3/c1-9-8-11(21)4-7-14(9)22-16-12(5-6-13(19)15(16)20)17(24)23-26-18(25)10-2-3-10/h4-8,10,18,22,25H,2-3H2,1H3,(H,23,24). The number of benzene rings is 2. The van der Waals surface area contributed by atoms with Crippen LogP contribution in [0.3, 0.4) is 0 Å². The SMILES string of the molecule is Cc1cc(I)ccc1Nc1c(C(=O)NOC(O)C2CC2)ccc(F)c1F. The van der Waals surface area contributed by atoms with Crippen LogP contribution in [-0.4, -0.2) is 17.3 Å². The Morgan fingerprint density at radius 3 is 2.69 bits per heavy atom. The Bertz CT molecular complexity index is 843. The summed E-state index contributed by atoms with van der Waals surface area (Å²) in [6, 6.07) is 7.42. The molecule has 26 heavy (non-hydrogen) atoms. The highest BCUT2D eigenvalue weighted by molar-refractivity contribution is 14.1. The number of anilines is 2. The Hall–Kier alpha value is -1.78. The van der Waals surface area contributed by atoms with Gasteiger partial charge in [-0.25, -0.2) is 19.1 Å². The van der Waals surface area contributed by atoms with Crippen molar-refractivity contribution in [1.82, 2.24) is 5.48 Å². The maximum Gasteiger partial charge on any atom is 0.277 e. The van der Waals surface area contributed by atoms with Gasteiger partial charge in [-0.2, -0.15) is 0 Å². The summed E-state index contributed by atoms with van der Waals surface area (Å²) in [6.45, 7) is 1.82. The summed E-state index contributed by atoms with van der Waals surface area (Å²) in [5, 5.41) is 12.4. The van der Waals surface area contributed by atoms with Crippen LogP contribution in [0.15, 0.2) is 30.3 Å². The molecule has 0 spiro atoms. The quantitative estimate of drug-likeness (QED) is 0.336. The fourth-order valence-electron chi connectivity index (χ4n) is 2.41. The Kier molecular flexibility index (Phi) is 5.73. The zero-order valence-corrected chi connectivity index (χ0v) is 16.0. The summed E-state index contributed by atoms with van der Waals surface area (Å²) in [4.78, 5) is 17.2. The van der Waals surface area contributed by atoms with Gasteiger partial charge in [0, 0.05) is 15.2 Å². The van der Waals surface area contributed by atoms with Crippen molar-refractivity contribution >= 4 is 39.9 Å². The molecular weight excluding hydrogens is 457 g/mol. The summed E-state index contributed by atoms with van der Waals surface area (Å²) in [7, 11) is 0. The number of rotatable bonds is 6. The molecule has 2 aromatic carbocycles. The minimum atomic E-state index is -1.17. The topological polar surface area (TPSA) is 70.6 Å². The molecule has 1 unspecified atom stereocenters. The average molecular weight is 474 g/mol. The van der Waals surface area contributed by atoms with Crippen molar-refractivity contribution in [3.05, 3.63) is 56.7 Å². The fourth-order valence-corrected chi connectivity index (χ4v) is 3.06. The first-order chi connectivity index (χ1) is 12.4. The number of amides is 1. The highest BCUT2D eigenvalue weighted by Gasteiger charge is 2.31. The molecule has 5 nitrogen and oxygen atoms in total. The van der Waals surface area contributed by atoms with Crippen LogP contribution >= 0.6 is 22.6 Å². The van der Waals surface area contributed by atoms with Gasteiger partial charge in [0.05, 0.1) is 11.3 Å². The third kappa shape index (κ3) is 4.30. The molecule has 1 saturated carbocycles. The van der Waals surface area contributed by atoms with Gasteiger partial charge in [0.25, 0.3) is 5.91 Å². The molecule has 0 radical (unpaired) electrons. The van der Waals surface area contributed by atoms with E-state index in [1.54, 1.807) is 6.07 Å². The molecule has 1 atom stereocenters. The number of nitrogens with one attached hydrogen (secondary N) is 2. The van der Waals surface area contributed by atoms with Gasteiger partial charge in [0.2, 0.25) is 0 Å². The normalized spacial score (nSPS) is 14.8. The van der Waals surface area contributed by atoms with Crippen LogP contribution in [0.5, 0.6) is 0 Å². The van der Waals surface area contributed by atoms with Crippen molar-refractivity contribution in [2.24, 2.45) is 5.92 Å². The number of carbonyl (C=O) groups excluding carboxylic acids is 1. The molecule has 1 amide bonds. The molecule has 2 aromatic rings. The lowest BCUT2D eigenvalue weighted by molar-refractivity contribution is -0.145. The molecule has 0 bridgehead atoms. The van der Waals surface area contributed by atoms with Crippen LogP contribution < -0.4 is 10.8 Å². The number of carbonyl (C=O) groups is 1. The lowest BCUT2D eigenvalue weighted by Crippen LogP contribution is -2.31. The lowest BCUT2D eigenvalue weighted by atomic mass is 10.1. The summed E-state index contributed by atoms with van der Waals surface area (Å²) < 4.78 is 29.0. The highest BCUT2D eigenvalue weighted by atomic mass is 127. The zero-order chi connectivity index (χ0) is 18.8. The number of aliphatic hydroxyl groups is 1. The second kappa shape index (κ2) is 7.85. The second-order valence-electron chi connectivity index (χ2n) is 6.15. The van der Waals surface area contributed by atoms with E-state index in [0.717, 1.165) is 34.1 Å². The summed E-state index contributed by atoms with van der Waals surface area (Å²) in [5.41, 5.74) is 3.02. The Morgan fingerprint density at radius 2 is 2.04 bits per heavy atom.